The van der Waals surface area contributed by atoms with Crippen LogP contribution in [0.3, 0.4) is 0 Å². The van der Waals surface area contributed by atoms with Gasteiger partial charge in [0, 0.05) is 24.5 Å². The minimum atomic E-state index is -0.402. The van der Waals surface area contributed by atoms with Crippen molar-refractivity contribution < 1.29 is 14.3 Å². The molecule has 2 unspecified atom stereocenters. The highest BCUT2D eigenvalue weighted by Crippen LogP contribution is 2.38. The molecule has 1 N–H and O–H groups in total. The molecule has 0 radical (unpaired) electrons. The summed E-state index contributed by atoms with van der Waals surface area (Å²) in [4.78, 5) is 37.8. The summed E-state index contributed by atoms with van der Waals surface area (Å²) in [5.74, 6) is 0.872. The molecule has 31 heavy (non-hydrogen) atoms. The largest absolute Gasteiger partial charge is 0.495 e. The van der Waals surface area contributed by atoms with Gasteiger partial charge in [0.15, 0.2) is 0 Å². The molecule has 2 aromatic carbocycles. The Bertz CT molecular complexity index is 1130. The zero-order valence-electron chi connectivity index (χ0n) is 17.2. The second kappa shape index (κ2) is 7.89. The van der Waals surface area contributed by atoms with Crippen LogP contribution in [-0.4, -0.2) is 46.9 Å². The van der Waals surface area contributed by atoms with Crippen molar-refractivity contribution in [2.24, 2.45) is 5.92 Å². The molecule has 1 aromatic heterocycles. The monoisotopic (exact) mass is 438 g/mol. The molecule has 3 heterocycles. The van der Waals surface area contributed by atoms with Crippen molar-refractivity contribution in [2.75, 3.05) is 25.1 Å². The molecule has 8 heteroatoms. The maximum absolute atomic E-state index is 13.4. The molecule has 2 atom stereocenters. The number of imidazole rings is 1. The number of anilines is 1. The van der Waals surface area contributed by atoms with Crippen molar-refractivity contribution in [2.45, 2.75) is 25.3 Å². The summed E-state index contributed by atoms with van der Waals surface area (Å²) in [7, 11) is 1.55. The first-order valence-corrected chi connectivity index (χ1v) is 10.8. The van der Waals surface area contributed by atoms with Crippen LogP contribution in [0.5, 0.6) is 5.75 Å². The fourth-order valence-electron chi connectivity index (χ4n) is 4.66. The van der Waals surface area contributed by atoms with Gasteiger partial charge in [-0.3, -0.25) is 9.59 Å². The topological polar surface area (TPSA) is 78.5 Å². The molecule has 2 aliphatic rings. The van der Waals surface area contributed by atoms with E-state index in [1.807, 2.05) is 29.2 Å². The standard InChI is InChI=1S/C23H23ClN4O3/c1-31-20-9-8-15(24)12-19(20)28-13-14(11-21(28)29)23(30)27-10-4-7-18(27)22-25-16-5-2-3-6-17(16)26-22/h2-3,5-6,8-9,12,14,18H,4,7,10-11,13H2,1H3,(H,25,26). The summed E-state index contributed by atoms with van der Waals surface area (Å²) in [6.45, 7) is 0.990. The fourth-order valence-corrected chi connectivity index (χ4v) is 4.83. The van der Waals surface area contributed by atoms with Crippen molar-refractivity contribution in [1.82, 2.24) is 14.9 Å². The number of nitrogens with one attached hydrogen (secondary N) is 1. The average molecular weight is 439 g/mol. The Morgan fingerprint density at radius 1 is 1.26 bits per heavy atom. The van der Waals surface area contributed by atoms with E-state index in [1.165, 1.54) is 0 Å². The third-order valence-electron chi connectivity index (χ3n) is 6.17. The third-order valence-corrected chi connectivity index (χ3v) is 6.40. The smallest absolute Gasteiger partial charge is 0.228 e. The number of aromatic amines is 1. The van der Waals surface area contributed by atoms with Gasteiger partial charge in [0.25, 0.3) is 0 Å². The number of rotatable bonds is 4. The maximum Gasteiger partial charge on any atom is 0.228 e. The molecule has 2 fully saturated rings. The molecule has 2 saturated heterocycles. The zero-order valence-corrected chi connectivity index (χ0v) is 17.9. The molecule has 5 rings (SSSR count). The first-order valence-electron chi connectivity index (χ1n) is 10.4. The highest BCUT2D eigenvalue weighted by atomic mass is 35.5. The van der Waals surface area contributed by atoms with Crippen molar-refractivity contribution in [3.8, 4) is 5.75 Å². The van der Waals surface area contributed by atoms with Gasteiger partial charge in [-0.05, 0) is 43.2 Å². The Labute approximate surface area is 184 Å². The number of likely N-dealkylation sites (tertiary alicyclic amines) is 1. The first-order chi connectivity index (χ1) is 15.0. The molecule has 160 valence electrons. The number of carbonyl (C=O) groups is 2. The predicted molar refractivity (Wildman–Crippen MR) is 118 cm³/mol. The minimum absolute atomic E-state index is 0.000184. The first kappa shape index (κ1) is 19.9. The Balaban J connectivity index is 1.37. The molecule has 2 aliphatic heterocycles. The summed E-state index contributed by atoms with van der Waals surface area (Å²) in [6, 6.07) is 12.9. The third kappa shape index (κ3) is 3.53. The summed E-state index contributed by atoms with van der Waals surface area (Å²) in [6.07, 6.45) is 1.95. The van der Waals surface area contributed by atoms with Gasteiger partial charge in [-0.15, -0.1) is 0 Å². The van der Waals surface area contributed by atoms with E-state index in [-0.39, 0.29) is 24.3 Å². The molecule has 2 amide bonds. The Kier molecular flexibility index (Phi) is 5.06. The lowest BCUT2D eigenvalue weighted by Crippen LogP contribution is -2.37. The molecule has 7 nitrogen and oxygen atoms in total. The predicted octanol–water partition coefficient (Wildman–Crippen LogP) is 3.94. The van der Waals surface area contributed by atoms with Crippen LogP contribution in [0.15, 0.2) is 42.5 Å². The number of carbonyl (C=O) groups excluding carboxylic acids is 2. The summed E-state index contributed by atoms with van der Waals surface area (Å²) in [5, 5.41) is 0.517. The number of hydrogen-bond donors (Lipinski definition) is 1. The number of ether oxygens (including phenoxy) is 1. The lowest BCUT2D eigenvalue weighted by atomic mass is 10.1. The van der Waals surface area contributed by atoms with Crippen LogP contribution in [0.2, 0.25) is 5.02 Å². The fraction of sp³-hybridized carbons (Fsp3) is 0.348. The van der Waals surface area contributed by atoms with E-state index in [2.05, 4.69) is 4.98 Å². The van der Waals surface area contributed by atoms with Crippen molar-refractivity contribution >= 4 is 40.1 Å². The molecular weight excluding hydrogens is 416 g/mol. The number of hydrogen-bond acceptors (Lipinski definition) is 4. The lowest BCUT2D eigenvalue weighted by molar-refractivity contribution is -0.136. The molecule has 0 saturated carbocycles. The summed E-state index contributed by atoms with van der Waals surface area (Å²) < 4.78 is 5.40. The number of aromatic nitrogens is 2. The SMILES string of the molecule is COc1ccc(Cl)cc1N1CC(C(=O)N2CCCC2c2nc3ccccc3[nH]2)CC1=O. The van der Waals surface area contributed by atoms with E-state index < -0.39 is 5.92 Å². The number of halogens is 1. The second-order valence-corrected chi connectivity index (χ2v) is 8.49. The highest BCUT2D eigenvalue weighted by molar-refractivity contribution is 6.31. The number of methoxy groups -OCH3 is 1. The molecular formula is C23H23ClN4O3. The molecule has 3 aromatic rings. The van der Waals surface area contributed by atoms with Gasteiger partial charge in [-0.2, -0.15) is 0 Å². The lowest BCUT2D eigenvalue weighted by Gasteiger charge is -2.26. The number of amides is 2. The van der Waals surface area contributed by atoms with Gasteiger partial charge in [0.1, 0.15) is 11.6 Å². The van der Waals surface area contributed by atoms with Gasteiger partial charge < -0.3 is 19.5 Å². The van der Waals surface area contributed by atoms with Gasteiger partial charge in [0.05, 0.1) is 35.8 Å². The molecule has 0 spiro atoms. The van der Waals surface area contributed by atoms with Crippen LogP contribution < -0.4 is 9.64 Å². The van der Waals surface area contributed by atoms with Crippen LogP contribution in [0.25, 0.3) is 11.0 Å². The van der Waals surface area contributed by atoms with Gasteiger partial charge in [0.2, 0.25) is 11.8 Å². The van der Waals surface area contributed by atoms with Crippen LogP contribution in [-0.2, 0) is 9.59 Å². The minimum Gasteiger partial charge on any atom is -0.495 e. The summed E-state index contributed by atoms with van der Waals surface area (Å²) >= 11 is 6.14. The van der Waals surface area contributed by atoms with E-state index in [0.29, 0.717) is 29.5 Å². The van der Waals surface area contributed by atoms with E-state index in [0.717, 1.165) is 29.7 Å². The number of nitrogens with zero attached hydrogens (tertiary/aromatic N) is 3. The number of benzene rings is 2. The normalized spacial score (nSPS) is 21.3. The van der Waals surface area contributed by atoms with Crippen LogP contribution in [0, 0.1) is 5.92 Å². The zero-order chi connectivity index (χ0) is 21.5. The number of H-pyrrole nitrogens is 1. The van der Waals surface area contributed by atoms with Gasteiger partial charge >= 0.3 is 0 Å². The van der Waals surface area contributed by atoms with E-state index in [9.17, 15) is 9.59 Å². The van der Waals surface area contributed by atoms with Crippen LogP contribution in [0.1, 0.15) is 31.1 Å². The van der Waals surface area contributed by atoms with Gasteiger partial charge in [-0.1, -0.05) is 23.7 Å². The molecule has 0 aliphatic carbocycles. The Hall–Kier alpha value is -3.06. The van der Waals surface area contributed by atoms with Crippen LogP contribution >= 0.6 is 11.6 Å². The second-order valence-electron chi connectivity index (χ2n) is 8.05. The maximum atomic E-state index is 13.4. The van der Waals surface area contributed by atoms with E-state index in [1.54, 1.807) is 30.2 Å². The van der Waals surface area contributed by atoms with Crippen molar-refractivity contribution in [3.63, 3.8) is 0 Å². The average Bonchev–Trinajstić information content (AvgIpc) is 3.50. The number of fused-ring (bicyclic) bond motifs is 1. The van der Waals surface area contributed by atoms with E-state index >= 15 is 0 Å². The number of para-hydroxylation sites is 2. The van der Waals surface area contributed by atoms with Crippen molar-refractivity contribution in [1.29, 1.82) is 0 Å². The van der Waals surface area contributed by atoms with Crippen LogP contribution in [0.4, 0.5) is 5.69 Å². The van der Waals surface area contributed by atoms with E-state index in [4.69, 9.17) is 21.3 Å². The quantitative estimate of drug-likeness (QED) is 0.669. The highest BCUT2D eigenvalue weighted by Gasteiger charge is 2.42. The summed E-state index contributed by atoms with van der Waals surface area (Å²) in [5.41, 5.74) is 2.46. The van der Waals surface area contributed by atoms with Gasteiger partial charge in [-0.25, -0.2) is 4.98 Å². The molecule has 0 bridgehead atoms. The Morgan fingerprint density at radius 3 is 2.90 bits per heavy atom. The Morgan fingerprint density at radius 2 is 2.10 bits per heavy atom. The van der Waals surface area contributed by atoms with Crippen molar-refractivity contribution in [3.05, 3.63) is 53.3 Å².